The van der Waals surface area contributed by atoms with Gasteiger partial charge in [-0.2, -0.15) is 0 Å². The molecule has 0 bridgehead atoms. The van der Waals surface area contributed by atoms with Crippen LogP contribution in [0.1, 0.15) is 10.4 Å². The fraction of sp³-hybridized carbons (Fsp3) is 0. The molecule has 0 saturated carbocycles. The molecule has 0 aliphatic carbocycles. The molecule has 2 aromatic rings. The second-order valence-corrected chi connectivity index (χ2v) is 5.13. The van der Waals surface area contributed by atoms with Crippen molar-refractivity contribution in [3.05, 3.63) is 51.2 Å². The number of carbonyl (C=O) groups excluding carboxylic acids is 1. The topological polar surface area (TPSA) is 29.1 Å². The van der Waals surface area contributed by atoms with E-state index in [-0.39, 0.29) is 5.91 Å². The van der Waals surface area contributed by atoms with Gasteiger partial charge in [-0.05, 0) is 35.7 Å². The number of halogens is 1. The second kappa shape index (κ2) is 4.02. The maximum absolute atomic E-state index is 11.9. The van der Waals surface area contributed by atoms with Crippen LogP contribution >= 0.6 is 22.9 Å². The highest BCUT2D eigenvalue weighted by Gasteiger charge is 2.24. The van der Waals surface area contributed by atoms with Gasteiger partial charge in [0.15, 0.2) is 0 Å². The van der Waals surface area contributed by atoms with Crippen LogP contribution in [-0.4, -0.2) is 5.91 Å². The Hall–Kier alpha value is -1.58. The Labute approximate surface area is 108 Å². The van der Waals surface area contributed by atoms with Gasteiger partial charge in [0.25, 0.3) is 5.91 Å². The number of anilines is 1. The Balaban J connectivity index is 2.13. The summed E-state index contributed by atoms with van der Waals surface area (Å²) in [5.74, 6) is -0.0735. The summed E-state index contributed by atoms with van der Waals surface area (Å²) in [4.78, 5) is 12.9. The van der Waals surface area contributed by atoms with Gasteiger partial charge in [0.05, 0.1) is 5.57 Å². The summed E-state index contributed by atoms with van der Waals surface area (Å²) in [5, 5.41) is 5.45. The zero-order valence-corrected chi connectivity index (χ0v) is 10.3. The lowest BCUT2D eigenvalue weighted by molar-refractivity contribution is -0.110. The average Bonchev–Trinajstić information content (AvgIpc) is 2.90. The lowest BCUT2D eigenvalue weighted by Gasteiger charge is -1.98. The fourth-order valence-electron chi connectivity index (χ4n) is 1.82. The van der Waals surface area contributed by atoms with E-state index in [9.17, 15) is 4.79 Å². The molecular weight excluding hydrogens is 254 g/mol. The molecule has 84 valence electrons. The van der Waals surface area contributed by atoms with Gasteiger partial charge in [-0.3, -0.25) is 4.79 Å². The molecule has 1 N–H and O–H groups in total. The maximum atomic E-state index is 11.9. The molecule has 0 unspecified atom stereocenters. The van der Waals surface area contributed by atoms with Crippen molar-refractivity contribution in [3.63, 3.8) is 0 Å². The van der Waals surface area contributed by atoms with Crippen LogP contribution in [0, 0.1) is 0 Å². The van der Waals surface area contributed by atoms with Crippen molar-refractivity contribution in [1.82, 2.24) is 0 Å². The number of thiophene rings is 1. The third-order valence-electron chi connectivity index (χ3n) is 2.59. The van der Waals surface area contributed by atoms with E-state index in [0.717, 1.165) is 16.1 Å². The van der Waals surface area contributed by atoms with Crippen molar-refractivity contribution >= 4 is 46.2 Å². The summed E-state index contributed by atoms with van der Waals surface area (Å²) >= 11 is 7.56. The number of carbonyl (C=O) groups is 1. The van der Waals surface area contributed by atoms with Gasteiger partial charge in [-0.25, -0.2) is 0 Å². The number of rotatable bonds is 1. The zero-order chi connectivity index (χ0) is 11.8. The largest absolute Gasteiger partial charge is 0.321 e. The molecule has 1 aromatic carbocycles. The van der Waals surface area contributed by atoms with Gasteiger partial charge in [0.2, 0.25) is 0 Å². The normalized spacial score (nSPS) is 16.1. The van der Waals surface area contributed by atoms with Crippen LogP contribution < -0.4 is 5.32 Å². The SMILES string of the molecule is O=C1Nc2ccc(Cl)cc2/C1=C/c1cccs1. The van der Waals surface area contributed by atoms with Crippen molar-refractivity contribution in [3.8, 4) is 0 Å². The van der Waals surface area contributed by atoms with Crippen molar-refractivity contribution in [1.29, 1.82) is 0 Å². The van der Waals surface area contributed by atoms with E-state index in [4.69, 9.17) is 11.6 Å². The van der Waals surface area contributed by atoms with Crippen molar-refractivity contribution in [2.24, 2.45) is 0 Å². The van der Waals surface area contributed by atoms with Crippen LogP contribution in [0.25, 0.3) is 11.6 Å². The summed E-state index contributed by atoms with van der Waals surface area (Å²) in [7, 11) is 0. The van der Waals surface area contributed by atoms with Gasteiger partial charge >= 0.3 is 0 Å². The number of nitrogens with one attached hydrogen (secondary N) is 1. The number of hydrogen-bond acceptors (Lipinski definition) is 2. The molecule has 1 aliphatic heterocycles. The molecule has 2 heterocycles. The summed E-state index contributed by atoms with van der Waals surface area (Å²) in [6.07, 6.45) is 1.89. The molecule has 17 heavy (non-hydrogen) atoms. The monoisotopic (exact) mass is 261 g/mol. The van der Waals surface area contributed by atoms with Crippen molar-refractivity contribution in [2.45, 2.75) is 0 Å². The number of hydrogen-bond donors (Lipinski definition) is 1. The standard InChI is InChI=1S/C13H8ClNOS/c14-8-3-4-12-10(6-8)11(13(16)15-12)7-9-2-1-5-17-9/h1-7H,(H,15,16)/b11-7-. The number of amides is 1. The Morgan fingerprint density at radius 1 is 1.29 bits per heavy atom. The first-order valence-corrected chi connectivity index (χ1v) is 6.36. The predicted molar refractivity (Wildman–Crippen MR) is 72.3 cm³/mol. The van der Waals surface area contributed by atoms with E-state index < -0.39 is 0 Å². The molecule has 2 nitrogen and oxygen atoms in total. The Morgan fingerprint density at radius 2 is 2.18 bits per heavy atom. The van der Waals surface area contributed by atoms with Gasteiger partial charge in [0.1, 0.15) is 0 Å². The molecule has 1 aliphatic rings. The van der Waals surface area contributed by atoms with Crippen LogP contribution in [0.4, 0.5) is 5.69 Å². The van der Waals surface area contributed by atoms with Crippen LogP contribution in [0.5, 0.6) is 0 Å². The molecule has 4 heteroatoms. The van der Waals surface area contributed by atoms with E-state index in [0.29, 0.717) is 10.6 Å². The van der Waals surface area contributed by atoms with E-state index in [1.54, 1.807) is 17.4 Å². The second-order valence-electron chi connectivity index (χ2n) is 3.72. The number of fused-ring (bicyclic) bond motifs is 1. The highest BCUT2D eigenvalue weighted by molar-refractivity contribution is 7.11. The molecule has 1 amide bonds. The van der Waals surface area contributed by atoms with E-state index in [1.165, 1.54) is 0 Å². The van der Waals surface area contributed by atoms with E-state index in [1.807, 2.05) is 35.7 Å². The third kappa shape index (κ3) is 1.88. The zero-order valence-electron chi connectivity index (χ0n) is 8.74. The molecule has 0 radical (unpaired) electrons. The Kier molecular flexibility index (Phi) is 2.50. The highest BCUT2D eigenvalue weighted by atomic mass is 35.5. The number of benzene rings is 1. The Bertz CT molecular complexity index is 616. The molecule has 3 rings (SSSR count). The predicted octanol–water partition coefficient (Wildman–Crippen LogP) is 3.89. The van der Waals surface area contributed by atoms with Gasteiger partial charge in [-0.1, -0.05) is 17.7 Å². The molecular formula is C13H8ClNOS. The highest BCUT2D eigenvalue weighted by Crippen LogP contribution is 2.35. The summed E-state index contributed by atoms with van der Waals surface area (Å²) in [6.45, 7) is 0. The van der Waals surface area contributed by atoms with Gasteiger partial charge in [-0.15, -0.1) is 11.3 Å². The van der Waals surface area contributed by atoms with Crippen molar-refractivity contribution in [2.75, 3.05) is 5.32 Å². The van der Waals surface area contributed by atoms with Crippen LogP contribution in [-0.2, 0) is 4.79 Å². The fourth-order valence-corrected chi connectivity index (χ4v) is 2.65. The first-order valence-electron chi connectivity index (χ1n) is 5.10. The quantitative estimate of drug-likeness (QED) is 0.775. The molecule has 0 atom stereocenters. The molecule has 0 saturated heterocycles. The van der Waals surface area contributed by atoms with E-state index in [2.05, 4.69) is 5.32 Å². The molecule has 1 aromatic heterocycles. The maximum Gasteiger partial charge on any atom is 0.256 e. The first-order chi connectivity index (χ1) is 8.24. The summed E-state index contributed by atoms with van der Waals surface area (Å²) in [5.41, 5.74) is 2.36. The van der Waals surface area contributed by atoms with Crippen LogP contribution in [0.2, 0.25) is 5.02 Å². The van der Waals surface area contributed by atoms with Crippen LogP contribution in [0.15, 0.2) is 35.7 Å². The van der Waals surface area contributed by atoms with Crippen molar-refractivity contribution < 1.29 is 4.79 Å². The first kappa shape index (κ1) is 10.6. The minimum Gasteiger partial charge on any atom is -0.321 e. The van der Waals surface area contributed by atoms with Gasteiger partial charge < -0.3 is 5.32 Å². The Morgan fingerprint density at radius 3 is 2.94 bits per heavy atom. The third-order valence-corrected chi connectivity index (χ3v) is 3.65. The van der Waals surface area contributed by atoms with E-state index >= 15 is 0 Å². The summed E-state index contributed by atoms with van der Waals surface area (Å²) in [6, 6.07) is 9.35. The molecule has 0 spiro atoms. The minimum atomic E-state index is -0.0735. The lowest BCUT2D eigenvalue weighted by Crippen LogP contribution is -2.03. The molecule has 0 fully saturated rings. The van der Waals surface area contributed by atoms with Gasteiger partial charge in [0, 0.05) is 21.2 Å². The minimum absolute atomic E-state index is 0.0735. The lowest BCUT2D eigenvalue weighted by atomic mass is 10.1. The average molecular weight is 262 g/mol. The summed E-state index contributed by atoms with van der Waals surface area (Å²) < 4.78 is 0. The van der Waals surface area contributed by atoms with Crippen LogP contribution in [0.3, 0.4) is 0 Å². The smallest absolute Gasteiger partial charge is 0.256 e.